The number of nitrogens with one attached hydrogen (secondary N) is 1. The van der Waals surface area contributed by atoms with E-state index in [2.05, 4.69) is 10.4 Å². The molecule has 2 saturated heterocycles. The Morgan fingerprint density at radius 3 is 2.79 bits per heavy atom. The maximum absolute atomic E-state index is 13.0. The van der Waals surface area contributed by atoms with Gasteiger partial charge in [-0.15, -0.1) is 0 Å². The lowest BCUT2D eigenvalue weighted by atomic mass is 9.99. The normalized spacial score (nSPS) is 21.8. The zero-order valence-electron chi connectivity index (χ0n) is 18.9. The molecule has 6 rings (SSSR count). The highest BCUT2D eigenvalue weighted by Gasteiger charge is 2.42. The number of carbonyl (C=O) groups is 1. The molecule has 2 aliphatic rings. The Hall–Kier alpha value is -3.20. The Bertz CT molecular complexity index is 1410. The van der Waals surface area contributed by atoms with Crippen molar-refractivity contribution < 1.29 is 14.3 Å². The molecule has 1 aromatic carbocycles. The Balaban J connectivity index is 1.34. The van der Waals surface area contributed by atoms with Crippen LogP contribution < -0.4 is 5.32 Å². The van der Waals surface area contributed by atoms with E-state index in [1.807, 2.05) is 44.4 Å². The van der Waals surface area contributed by atoms with Crippen LogP contribution in [0.4, 0.5) is 0 Å². The van der Waals surface area contributed by atoms with Crippen LogP contribution >= 0.6 is 11.6 Å². The van der Waals surface area contributed by atoms with E-state index in [4.69, 9.17) is 26.1 Å². The first-order chi connectivity index (χ1) is 16.5. The molecule has 0 aliphatic carbocycles. The first-order valence-corrected chi connectivity index (χ1v) is 11.7. The molecule has 0 unspecified atom stereocenters. The first kappa shape index (κ1) is 21.3. The van der Waals surface area contributed by atoms with Crippen LogP contribution in [-0.4, -0.2) is 56.5 Å². The van der Waals surface area contributed by atoms with Gasteiger partial charge in [-0.2, -0.15) is 5.10 Å². The molecule has 5 heterocycles. The second-order valence-corrected chi connectivity index (χ2v) is 9.18. The van der Waals surface area contributed by atoms with E-state index in [0.717, 1.165) is 28.8 Å². The summed E-state index contributed by atoms with van der Waals surface area (Å²) >= 11 is 6.77. The summed E-state index contributed by atoms with van der Waals surface area (Å²) in [6.45, 7) is 3.12. The van der Waals surface area contributed by atoms with Crippen molar-refractivity contribution >= 4 is 23.2 Å². The lowest BCUT2D eigenvalue weighted by molar-refractivity contribution is 0.0656. The second kappa shape index (κ2) is 8.23. The van der Waals surface area contributed by atoms with E-state index in [9.17, 15) is 4.79 Å². The molecule has 9 heteroatoms. The van der Waals surface area contributed by atoms with Gasteiger partial charge in [-0.1, -0.05) is 35.9 Å². The average molecular weight is 478 g/mol. The molecule has 3 aromatic heterocycles. The monoisotopic (exact) mass is 477 g/mol. The molecule has 3 atom stereocenters. The fraction of sp³-hybridized carbons (Fsp3) is 0.320. The van der Waals surface area contributed by atoms with Gasteiger partial charge in [0.1, 0.15) is 22.6 Å². The number of benzene rings is 1. The number of ether oxygens (including phenoxy) is 2. The lowest BCUT2D eigenvalue weighted by Gasteiger charge is -2.17. The summed E-state index contributed by atoms with van der Waals surface area (Å²) in [6, 6.07) is 11.4. The van der Waals surface area contributed by atoms with Crippen molar-refractivity contribution in [2.24, 2.45) is 7.05 Å². The maximum atomic E-state index is 13.0. The van der Waals surface area contributed by atoms with Crippen molar-refractivity contribution in [3.8, 4) is 22.4 Å². The number of amides is 1. The lowest BCUT2D eigenvalue weighted by Crippen LogP contribution is -2.43. The Morgan fingerprint density at radius 2 is 2.00 bits per heavy atom. The predicted octanol–water partition coefficient (Wildman–Crippen LogP) is 3.65. The third-order valence-electron chi connectivity index (χ3n) is 6.60. The minimum atomic E-state index is -0.181. The SMILES string of the molecule is Cc1nn(C)cc1-c1ccccc1-c1nc2cc(C(=O)N[C@@H]3CO[C@@H]4CCO[C@H]34)ccn2c1Cl. The molecule has 34 heavy (non-hydrogen) atoms. The van der Waals surface area contributed by atoms with Crippen molar-refractivity contribution in [1.82, 2.24) is 24.5 Å². The van der Waals surface area contributed by atoms with Gasteiger partial charge >= 0.3 is 0 Å². The molecule has 4 aromatic rings. The molecule has 1 N–H and O–H groups in total. The van der Waals surface area contributed by atoms with Gasteiger partial charge in [-0.3, -0.25) is 13.9 Å². The Kier molecular flexibility index (Phi) is 5.17. The number of pyridine rings is 1. The number of imidazole rings is 1. The maximum Gasteiger partial charge on any atom is 0.251 e. The third kappa shape index (κ3) is 3.50. The van der Waals surface area contributed by atoms with Crippen molar-refractivity contribution in [2.75, 3.05) is 13.2 Å². The van der Waals surface area contributed by atoms with Crippen molar-refractivity contribution in [3.63, 3.8) is 0 Å². The van der Waals surface area contributed by atoms with E-state index >= 15 is 0 Å². The highest BCUT2D eigenvalue weighted by molar-refractivity contribution is 6.32. The molecule has 8 nitrogen and oxygen atoms in total. The van der Waals surface area contributed by atoms with Gasteiger partial charge in [-0.05, 0) is 31.0 Å². The predicted molar refractivity (Wildman–Crippen MR) is 128 cm³/mol. The summed E-state index contributed by atoms with van der Waals surface area (Å²) in [7, 11) is 1.90. The van der Waals surface area contributed by atoms with Crippen LogP contribution in [0.2, 0.25) is 5.15 Å². The van der Waals surface area contributed by atoms with Gasteiger partial charge in [0.2, 0.25) is 0 Å². The van der Waals surface area contributed by atoms with Gasteiger partial charge in [0.15, 0.2) is 0 Å². The topological polar surface area (TPSA) is 82.7 Å². The zero-order chi connectivity index (χ0) is 23.4. The van der Waals surface area contributed by atoms with Gasteiger partial charge in [0.25, 0.3) is 5.91 Å². The van der Waals surface area contributed by atoms with Crippen LogP contribution in [-0.2, 0) is 16.5 Å². The number of carbonyl (C=O) groups excluding carboxylic acids is 1. The van der Waals surface area contributed by atoms with E-state index < -0.39 is 0 Å². The van der Waals surface area contributed by atoms with Gasteiger partial charge in [-0.25, -0.2) is 4.98 Å². The molecular weight excluding hydrogens is 454 g/mol. The molecule has 0 radical (unpaired) electrons. The van der Waals surface area contributed by atoms with E-state index in [1.54, 1.807) is 27.4 Å². The van der Waals surface area contributed by atoms with Crippen LogP contribution in [0.15, 0.2) is 48.8 Å². The standard InChI is InChI=1S/C25H24ClN5O3/c1-14-18(12-30(2)29-14)16-5-3-4-6-17(16)22-24(26)31-9-7-15(11-21(31)28-22)25(32)27-19-13-34-20-8-10-33-23(19)20/h3-7,9,11-12,19-20,23H,8,10,13H2,1-2H3,(H,27,32)/t19-,20-,23-/m1/s1. The van der Waals surface area contributed by atoms with Crippen LogP contribution in [0.3, 0.4) is 0 Å². The summed E-state index contributed by atoms with van der Waals surface area (Å²) in [5.41, 5.74) is 5.64. The number of nitrogens with zero attached hydrogens (tertiary/aromatic N) is 4. The quantitative estimate of drug-likeness (QED) is 0.485. The highest BCUT2D eigenvalue weighted by atomic mass is 35.5. The largest absolute Gasteiger partial charge is 0.373 e. The number of aromatic nitrogens is 4. The highest BCUT2D eigenvalue weighted by Crippen LogP contribution is 2.37. The summed E-state index contributed by atoms with van der Waals surface area (Å²) in [5, 5.41) is 8.02. The first-order valence-electron chi connectivity index (χ1n) is 11.3. The number of fused-ring (bicyclic) bond motifs is 2. The molecule has 1 amide bonds. The smallest absolute Gasteiger partial charge is 0.251 e. The number of aryl methyl sites for hydroxylation is 2. The Labute approximate surface area is 201 Å². The number of halogens is 1. The molecule has 0 saturated carbocycles. The molecule has 2 fully saturated rings. The third-order valence-corrected chi connectivity index (χ3v) is 6.96. The number of rotatable bonds is 4. The summed E-state index contributed by atoms with van der Waals surface area (Å²) in [6.07, 6.45) is 4.64. The molecule has 0 bridgehead atoms. The molecule has 2 aliphatic heterocycles. The van der Waals surface area contributed by atoms with Crippen molar-refractivity contribution in [3.05, 3.63) is 65.2 Å². The van der Waals surface area contributed by atoms with E-state index in [0.29, 0.717) is 35.3 Å². The number of hydrogen-bond donors (Lipinski definition) is 1. The summed E-state index contributed by atoms with van der Waals surface area (Å²) < 4.78 is 15.1. The van der Waals surface area contributed by atoms with Gasteiger partial charge in [0.05, 0.1) is 24.4 Å². The fourth-order valence-electron chi connectivity index (χ4n) is 4.96. The summed E-state index contributed by atoms with van der Waals surface area (Å²) in [4.78, 5) is 17.8. The van der Waals surface area contributed by atoms with Gasteiger partial charge < -0.3 is 14.8 Å². The Morgan fingerprint density at radius 1 is 1.18 bits per heavy atom. The summed E-state index contributed by atoms with van der Waals surface area (Å²) in [5.74, 6) is -0.181. The second-order valence-electron chi connectivity index (χ2n) is 8.82. The van der Waals surface area contributed by atoms with Crippen molar-refractivity contribution in [1.29, 1.82) is 0 Å². The average Bonchev–Trinajstić information content (AvgIpc) is 3.59. The molecular formula is C25H24ClN5O3. The zero-order valence-corrected chi connectivity index (χ0v) is 19.6. The number of hydrogen-bond acceptors (Lipinski definition) is 5. The molecule has 174 valence electrons. The minimum absolute atomic E-state index is 0.0740. The van der Waals surface area contributed by atoms with Crippen LogP contribution in [0, 0.1) is 6.92 Å². The van der Waals surface area contributed by atoms with Gasteiger partial charge in [0, 0.05) is 42.7 Å². The van der Waals surface area contributed by atoms with Crippen LogP contribution in [0.5, 0.6) is 0 Å². The molecule has 0 spiro atoms. The fourth-order valence-corrected chi connectivity index (χ4v) is 5.25. The van der Waals surface area contributed by atoms with E-state index in [1.165, 1.54) is 0 Å². The minimum Gasteiger partial charge on any atom is -0.373 e. The van der Waals surface area contributed by atoms with Crippen LogP contribution in [0.1, 0.15) is 22.5 Å². The van der Waals surface area contributed by atoms with Crippen molar-refractivity contribution in [2.45, 2.75) is 31.6 Å². The van der Waals surface area contributed by atoms with Crippen LogP contribution in [0.25, 0.3) is 28.0 Å². The van der Waals surface area contributed by atoms with E-state index in [-0.39, 0.29) is 24.2 Å².